The van der Waals surface area contributed by atoms with Crippen LogP contribution in [0, 0.1) is 0 Å². The molecule has 0 saturated heterocycles. The van der Waals surface area contributed by atoms with Crippen molar-refractivity contribution in [3.8, 4) is 5.75 Å². The smallest absolute Gasteiger partial charge is 0.258 e. The molecule has 23 heavy (non-hydrogen) atoms. The summed E-state index contributed by atoms with van der Waals surface area (Å²) in [7, 11) is 0. The molecule has 1 aliphatic carbocycles. The van der Waals surface area contributed by atoms with Crippen LogP contribution in [0.15, 0.2) is 34.9 Å². The number of halogens is 1. The lowest BCUT2D eigenvalue weighted by molar-refractivity contribution is -0.123. The molecule has 1 amide bonds. The van der Waals surface area contributed by atoms with Crippen molar-refractivity contribution in [3.63, 3.8) is 0 Å². The number of aromatic nitrogens is 1. The van der Waals surface area contributed by atoms with Crippen LogP contribution in [0.4, 0.5) is 0 Å². The summed E-state index contributed by atoms with van der Waals surface area (Å²) in [4.78, 5) is 16.4. The minimum Gasteiger partial charge on any atom is -0.484 e. The highest BCUT2D eigenvalue weighted by Gasteiger charge is 2.14. The zero-order valence-corrected chi connectivity index (χ0v) is 14.6. The van der Waals surface area contributed by atoms with Gasteiger partial charge in [0, 0.05) is 22.1 Å². The lowest BCUT2D eigenvalue weighted by atomic mass is 10.1. The van der Waals surface area contributed by atoms with E-state index in [2.05, 4.69) is 26.2 Å². The number of ether oxygens (including phenoxy) is 1. The number of benzene rings is 1. The number of carbonyl (C=O) groups is 1. The van der Waals surface area contributed by atoms with Crippen molar-refractivity contribution in [3.05, 3.63) is 34.9 Å². The zero-order valence-electron chi connectivity index (χ0n) is 13.1. The summed E-state index contributed by atoms with van der Waals surface area (Å²) < 4.78 is 6.56. The average molecular weight is 377 g/mol. The van der Waals surface area contributed by atoms with Crippen LogP contribution >= 0.6 is 15.9 Å². The van der Waals surface area contributed by atoms with E-state index in [9.17, 15) is 4.79 Å². The molecule has 0 atom stereocenters. The molecule has 0 bridgehead atoms. The van der Waals surface area contributed by atoms with Gasteiger partial charge in [-0.15, -0.1) is 0 Å². The summed E-state index contributed by atoms with van der Waals surface area (Å²) in [6.07, 6.45) is 8.91. The summed E-state index contributed by atoms with van der Waals surface area (Å²) in [6.45, 7) is 0.0590. The van der Waals surface area contributed by atoms with Gasteiger partial charge in [0.05, 0.1) is 5.52 Å². The molecule has 1 N–H and O–H groups in total. The summed E-state index contributed by atoms with van der Waals surface area (Å²) >= 11 is 3.41. The molecule has 1 fully saturated rings. The lowest BCUT2D eigenvalue weighted by Gasteiger charge is -2.16. The van der Waals surface area contributed by atoms with Crippen LogP contribution in [0.1, 0.15) is 38.5 Å². The second-order valence-electron chi connectivity index (χ2n) is 6.05. The molecule has 1 aliphatic rings. The van der Waals surface area contributed by atoms with Crippen LogP contribution in [-0.4, -0.2) is 23.5 Å². The Kier molecular flexibility index (Phi) is 5.49. The molecule has 0 radical (unpaired) electrons. The molecular weight excluding hydrogens is 356 g/mol. The summed E-state index contributed by atoms with van der Waals surface area (Å²) in [5.74, 6) is 0.651. The average Bonchev–Trinajstić information content (AvgIpc) is 2.81. The Labute approximate surface area is 144 Å². The Morgan fingerprint density at radius 3 is 2.78 bits per heavy atom. The van der Waals surface area contributed by atoms with Crippen molar-refractivity contribution in [2.45, 2.75) is 44.6 Å². The van der Waals surface area contributed by atoms with Crippen LogP contribution in [-0.2, 0) is 4.79 Å². The van der Waals surface area contributed by atoms with Crippen molar-refractivity contribution in [1.29, 1.82) is 0 Å². The fourth-order valence-electron chi connectivity index (χ4n) is 3.01. The second-order valence-corrected chi connectivity index (χ2v) is 6.97. The molecule has 5 heteroatoms. The van der Waals surface area contributed by atoms with Gasteiger partial charge in [0.1, 0.15) is 5.75 Å². The highest BCUT2D eigenvalue weighted by Crippen LogP contribution is 2.22. The topological polar surface area (TPSA) is 51.2 Å². The maximum absolute atomic E-state index is 12.1. The maximum Gasteiger partial charge on any atom is 0.258 e. The van der Waals surface area contributed by atoms with Gasteiger partial charge in [-0.05, 0) is 53.0 Å². The van der Waals surface area contributed by atoms with Gasteiger partial charge in [-0.25, -0.2) is 0 Å². The normalized spacial score (nSPS) is 16.0. The molecule has 1 saturated carbocycles. The summed E-state index contributed by atoms with van der Waals surface area (Å²) in [6, 6.07) is 7.96. The third kappa shape index (κ3) is 4.67. The first-order valence-corrected chi connectivity index (χ1v) is 8.97. The second kappa shape index (κ2) is 7.77. The number of amides is 1. The fourth-order valence-corrected chi connectivity index (χ4v) is 3.36. The third-order valence-electron chi connectivity index (χ3n) is 4.21. The van der Waals surface area contributed by atoms with Gasteiger partial charge in [-0.1, -0.05) is 25.7 Å². The van der Waals surface area contributed by atoms with Gasteiger partial charge in [0.15, 0.2) is 6.61 Å². The van der Waals surface area contributed by atoms with Crippen LogP contribution < -0.4 is 10.1 Å². The van der Waals surface area contributed by atoms with Crippen molar-refractivity contribution < 1.29 is 9.53 Å². The van der Waals surface area contributed by atoms with E-state index in [0.29, 0.717) is 11.8 Å². The third-order valence-corrected chi connectivity index (χ3v) is 4.64. The van der Waals surface area contributed by atoms with Gasteiger partial charge in [0.2, 0.25) is 0 Å². The number of hydrogen-bond donors (Lipinski definition) is 1. The van der Waals surface area contributed by atoms with Crippen LogP contribution in [0.25, 0.3) is 10.9 Å². The fraction of sp³-hybridized carbons (Fsp3) is 0.444. The molecular formula is C18H21BrN2O2. The van der Waals surface area contributed by atoms with Crippen molar-refractivity contribution in [2.24, 2.45) is 0 Å². The van der Waals surface area contributed by atoms with Gasteiger partial charge < -0.3 is 10.1 Å². The van der Waals surface area contributed by atoms with Crippen LogP contribution in [0.5, 0.6) is 5.75 Å². The first kappa shape index (κ1) is 16.2. The van der Waals surface area contributed by atoms with E-state index < -0.39 is 0 Å². The Hall–Kier alpha value is -1.62. The van der Waals surface area contributed by atoms with Gasteiger partial charge in [-0.2, -0.15) is 0 Å². The molecule has 0 unspecified atom stereocenters. The Bertz CT molecular complexity index is 682. The SMILES string of the molecule is O=C(COc1ccc2ncc(Br)cc2c1)NC1CCCCCC1. The number of nitrogens with one attached hydrogen (secondary N) is 1. The molecule has 0 aliphatic heterocycles. The number of rotatable bonds is 4. The minimum absolute atomic E-state index is 0.0376. The Morgan fingerprint density at radius 2 is 2.00 bits per heavy atom. The number of carbonyl (C=O) groups excluding carboxylic acids is 1. The van der Waals surface area contributed by atoms with Crippen molar-refractivity contribution in [2.75, 3.05) is 6.61 Å². The monoisotopic (exact) mass is 376 g/mol. The predicted molar refractivity (Wildman–Crippen MR) is 94.6 cm³/mol. The molecule has 0 spiro atoms. The minimum atomic E-state index is -0.0376. The molecule has 122 valence electrons. The molecule has 2 aromatic rings. The molecule has 1 heterocycles. The largest absolute Gasteiger partial charge is 0.484 e. The molecule has 1 aromatic carbocycles. The van der Waals surface area contributed by atoms with Gasteiger partial charge >= 0.3 is 0 Å². The van der Waals surface area contributed by atoms with E-state index >= 15 is 0 Å². The molecule has 3 rings (SSSR count). The Morgan fingerprint density at radius 1 is 1.22 bits per heavy atom. The number of pyridine rings is 1. The van der Waals surface area contributed by atoms with Crippen molar-refractivity contribution in [1.82, 2.24) is 10.3 Å². The quantitative estimate of drug-likeness (QED) is 0.812. The first-order chi connectivity index (χ1) is 11.2. The predicted octanol–water partition coefficient (Wildman–Crippen LogP) is 4.22. The van der Waals surface area contributed by atoms with E-state index in [1.165, 1.54) is 25.7 Å². The van der Waals surface area contributed by atoms with E-state index in [0.717, 1.165) is 28.2 Å². The Balaban J connectivity index is 1.55. The van der Waals surface area contributed by atoms with E-state index in [-0.39, 0.29) is 12.5 Å². The van der Waals surface area contributed by atoms with Gasteiger partial charge in [-0.3, -0.25) is 9.78 Å². The van der Waals surface area contributed by atoms with Crippen LogP contribution in [0.3, 0.4) is 0 Å². The molecule has 4 nitrogen and oxygen atoms in total. The standard InChI is InChI=1S/C18H21BrN2O2/c19-14-9-13-10-16(7-8-17(13)20-11-14)23-12-18(22)21-15-5-3-1-2-4-6-15/h7-11,15H,1-6,12H2,(H,21,22). The molecule has 1 aromatic heterocycles. The van der Waals surface area contributed by atoms with E-state index in [1.54, 1.807) is 6.20 Å². The van der Waals surface area contributed by atoms with E-state index in [4.69, 9.17) is 4.74 Å². The highest BCUT2D eigenvalue weighted by molar-refractivity contribution is 9.10. The van der Waals surface area contributed by atoms with Gasteiger partial charge in [0.25, 0.3) is 5.91 Å². The highest BCUT2D eigenvalue weighted by atomic mass is 79.9. The zero-order chi connectivity index (χ0) is 16.1. The first-order valence-electron chi connectivity index (χ1n) is 8.18. The van der Waals surface area contributed by atoms with Crippen LogP contribution in [0.2, 0.25) is 0 Å². The summed E-state index contributed by atoms with van der Waals surface area (Å²) in [5.41, 5.74) is 0.906. The van der Waals surface area contributed by atoms with Crippen molar-refractivity contribution >= 4 is 32.7 Å². The van der Waals surface area contributed by atoms with E-state index in [1.807, 2.05) is 24.3 Å². The maximum atomic E-state index is 12.1. The summed E-state index contributed by atoms with van der Waals surface area (Å²) in [5, 5.41) is 4.08. The lowest BCUT2D eigenvalue weighted by Crippen LogP contribution is -2.37. The number of nitrogens with zero attached hydrogens (tertiary/aromatic N) is 1. The number of fused-ring (bicyclic) bond motifs is 1. The number of hydrogen-bond acceptors (Lipinski definition) is 3.